The van der Waals surface area contributed by atoms with Gasteiger partial charge in [0.05, 0.1) is 26.1 Å². The van der Waals surface area contributed by atoms with Crippen LogP contribution in [-0.2, 0) is 6.42 Å². The molecule has 0 saturated carbocycles. The highest BCUT2D eigenvalue weighted by Crippen LogP contribution is 2.35. The monoisotopic (exact) mass is 456 g/mol. The quantitative estimate of drug-likeness (QED) is 0.160. The van der Waals surface area contributed by atoms with Crippen molar-refractivity contribution in [3.8, 4) is 5.75 Å². The number of hydrogen-bond donors (Lipinski definition) is 2. The minimum atomic E-state index is -0.795. The van der Waals surface area contributed by atoms with Gasteiger partial charge in [-0.05, 0) is 30.7 Å². The fourth-order valence-corrected chi connectivity index (χ4v) is 3.26. The van der Waals surface area contributed by atoms with Crippen molar-refractivity contribution in [2.24, 2.45) is 0 Å². The Morgan fingerprint density at radius 1 is 1.06 bits per heavy atom. The van der Waals surface area contributed by atoms with Gasteiger partial charge < -0.3 is 15.8 Å². The number of aryl methyl sites for hydroxylation is 1. The first-order valence-electron chi connectivity index (χ1n) is 9.30. The number of benzene rings is 3. The number of anilines is 3. The molecule has 164 valence electrons. The van der Waals surface area contributed by atoms with Crippen LogP contribution in [0.5, 0.6) is 5.75 Å². The molecule has 0 aliphatic heterocycles. The number of nitrogens with two attached hydrogens (primary N) is 1. The van der Waals surface area contributed by atoms with E-state index in [1.54, 1.807) is 25.1 Å². The summed E-state index contributed by atoms with van der Waals surface area (Å²) in [5, 5.41) is 25.2. The number of nitrogen functional groups attached to an aromatic ring is 1. The summed E-state index contributed by atoms with van der Waals surface area (Å²) in [6.07, 6.45) is 0.335. The number of nitro benzene ring substituents is 2. The molecule has 0 amide bonds. The van der Waals surface area contributed by atoms with E-state index in [-0.39, 0.29) is 44.8 Å². The van der Waals surface area contributed by atoms with Gasteiger partial charge in [0, 0.05) is 29.4 Å². The molecule has 0 aliphatic rings. The second-order valence-corrected chi connectivity index (χ2v) is 7.03. The van der Waals surface area contributed by atoms with E-state index in [2.05, 4.69) is 5.32 Å². The Bertz CT molecular complexity index is 1230. The van der Waals surface area contributed by atoms with E-state index in [1.165, 1.54) is 30.3 Å². The SMILES string of the molecule is CCc1cc([N+](=O)[O-])cc(Cl)c1OC(=O)c1ccccc1Nc1ccc(N)cc1[N+](=O)[O-]. The average molecular weight is 457 g/mol. The highest BCUT2D eigenvalue weighted by Gasteiger charge is 2.22. The molecule has 32 heavy (non-hydrogen) atoms. The summed E-state index contributed by atoms with van der Waals surface area (Å²) in [6.45, 7) is 1.74. The number of halogens is 1. The van der Waals surface area contributed by atoms with Crippen LogP contribution in [-0.4, -0.2) is 15.8 Å². The van der Waals surface area contributed by atoms with Crippen LogP contribution in [0.4, 0.5) is 28.4 Å². The second kappa shape index (κ2) is 9.31. The maximum absolute atomic E-state index is 12.9. The van der Waals surface area contributed by atoms with Crippen molar-refractivity contribution in [1.29, 1.82) is 0 Å². The van der Waals surface area contributed by atoms with E-state index in [1.807, 2.05) is 0 Å². The molecule has 0 aliphatic carbocycles. The first-order chi connectivity index (χ1) is 15.2. The summed E-state index contributed by atoms with van der Waals surface area (Å²) in [4.78, 5) is 34.2. The van der Waals surface area contributed by atoms with Gasteiger partial charge in [0.2, 0.25) is 0 Å². The van der Waals surface area contributed by atoms with Crippen LogP contribution in [0.15, 0.2) is 54.6 Å². The zero-order valence-electron chi connectivity index (χ0n) is 16.7. The van der Waals surface area contributed by atoms with Crippen LogP contribution >= 0.6 is 11.6 Å². The van der Waals surface area contributed by atoms with Crippen LogP contribution in [0.3, 0.4) is 0 Å². The van der Waals surface area contributed by atoms with Gasteiger partial charge in [-0.15, -0.1) is 0 Å². The molecule has 0 radical (unpaired) electrons. The Balaban J connectivity index is 1.96. The molecule has 0 bridgehead atoms. The summed E-state index contributed by atoms with van der Waals surface area (Å²) in [7, 11) is 0. The minimum Gasteiger partial charge on any atom is -0.421 e. The molecule has 0 saturated heterocycles. The van der Waals surface area contributed by atoms with Crippen LogP contribution in [0.2, 0.25) is 5.02 Å². The van der Waals surface area contributed by atoms with Crippen molar-refractivity contribution < 1.29 is 19.4 Å². The maximum atomic E-state index is 12.9. The Hall–Kier alpha value is -4.18. The first-order valence-corrected chi connectivity index (χ1v) is 9.68. The zero-order valence-corrected chi connectivity index (χ0v) is 17.5. The van der Waals surface area contributed by atoms with Crippen molar-refractivity contribution in [3.63, 3.8) is 0 Å². The molecular weight excluding hydrogens is 440 g/mol. The number of rotatable bonds is 7. The van der Waals surface area contributed by atoms with Crippen LogP contribution in [0, 0.1) is 20.2 Å². The van der Waals surface area contributed by atoms with Gasteiger partial charge in [-0.25, -0.2) is 4.79 Å². The number of ether oxygens (including phenoxy) is 1. The zero-order chi connectivity index (χ0) is 23.4. The number of carbonyl (C=O) groups is 1. The van der Waals surface area contributed by atoms with Crippen LogP contribution < -0.4 is 15.8 Å². The summed E-state index contributed by atoms with van der Waals surface area (Å²) in [6, 6.07) is 12.8. The molecule has 3 N–H and O–H groups in total. The predicted molar refractivity (Wildman–Crippen MR) is 120 cm³/mol. The summed E-state index contributed by atoms with van der Waals surface area (Å²) >= 11 is 6.14. The highest BCUT2D eigenvalue weighted by atomic mass is 35.5. The molecule has 0 heterocycles. The topological polar surface area (TPSA) is 151 Å². The molecule has 11 heteroatoms. The van der Waals surface area contributed by atoms with Gasteiger partial charge in [0.1, 0.15) is 5.69 Å². The number of para-hydroxylation sites is 1. The summed E-state index contributed by atoms with van der Waals surface area (Å²) in [5.74, 6) is -0.783. The number of hydrogen-bond acceptors (Lipinski definition) is 8. The molecular formula is C21H17ClN4O6. The highest BCUT2D eigenvalue weighted by molar-refractivity contribution is 6.32. The number of nitro groups is 2. The molecule has 3 aromatic carbocycles. The lowest BCUT2D eigenvalue weighted by molar-refractivity contribution is -0.384. The van der Waals surface area contributed by atoms with E-state index in [0.717, 1.165) is 6.07 Å². The lowest BCUT2D eigenvalue weighted by atomic mass is 10.1. The van der Waals surface area contributed by atoms with Gasteiger partial charge in [0.25, 0.3) is 11.4 Å². The molecule has 0 spiro atoms. The van der Waals surface area contributed by atoms with Crippen molar-refractivity contribution >= 4 is 46.0 Å². The predicted octanol–water partition coefficient (Wildman–Crippen LogP) is 5.26. The maximum Gasteiger partial charge on any atom is 0.345 e. The molecule has 0 atom stereocenters. The van der Waals surface area contributed by atoms with Crippen molar-refractivity contribution in [1.82, 2.24) is 0 Å². The van der Waals surface area contributed by atoms with Gasteiger partial charge in [-0.1, -0.05) is 30.7 Å². The molecule has 0 aromatic heterocycles. The van der Waals surface area contributed by atoms with E-state index >= 15 is 0 Å². The summed E-state index contributed by atoms with van der Waals surface area (Å²) < 4.78 is 5.48. The van der Waals surface area contributed by atoms with Gasteiger partial charge in [-0.3, -0.25) is 20.2 Å². The second-order valence-electron chi connectivity index (χ2n) is 6.62. The number of non-ortho nitro benzene ring substituents is 1. The van der Waals surface area contributed by atoms with E-state index in [9.17, 15) is 25.0 Å². The molecule has 10 nitrogen and oxygen atoms in total. The lowest BCUT2D eigenvalue weighted by Gasteiger charge is -2.14. The van der Waals surface area contributed by atoms with Crippen molar-refractivity contribution in [2.45, 2.75) is 13.3 Å². The molecule has 3 aromatic rings. The number of nitrogens with one attached hydrogen (secondary N) is 1. The molecule has 0 unspecified atom stereocenters. The van der Waals surface area contributed by atoms with Gasteiger partial charge in [-0.2, -0.15) is 0 Å². The van der Waals surface area contributed by atoms with E-state index in [4.69, 9.17) is 22.1 Å². The number of nitrogens with zero attached hydrogens (tertiary/aromatic N) is 2. The van der Waals surface area contributed by atoms with Crippen molar-refractivity contribution in [2.75, 3.05) is 11.1 Å². The third-order valence-electron chi connectivity index (χ3n) is 4.53. The third kappa shape index (κ3) is 4.76. The number of carbonyl (C=O) groups excluding carboxylic acids is 1. The van der Waals surface area contributed by atoms with Gasteiger partial charge >= 0.3 is 5.97 Å². The smallest absolute Gasteiger partial charge is 0.345 e. The lowest BCUT2D eigenvalue weighted by Crippen LogP contribution is -2.13. The molecule has 0 fully saturated rings. The Labute approximate surface area is 186 Å². The van der Waals surface area contributed by atoms with Crippen LogP contribution in [0.25, 0.3) is 0 Å². The minimum absolute atomic E-state index is 0.0121. The number of esters is 1. The summed E-state index contributed by atoms with van der Waals surface area (Å²) in [5.41, 5.74) is 6.22. The normalized spacial score (nSPS) is 10.4. The Morgan fingerprint density at radius 3 is 2.44 bits per heavy atom. The fraction of sp³-hybridized carbons (Fsp3) is 0.0952. The van der Waals surface area contributed by atoms with E-state index < -0.39 is 15.8 Å². The first kappa shape index (κ1) is 22.5. The largest absolute Gasteiger partial charge is 0.421 e. The standard InChI is InChI=1S/C21H17ClN4O6/c1-2-12-9-14(25(28)29)11-16(22)20(12)32-21(27)15-5-3-4-6-17(15)24-18-8-7-13(23)10-19(18)26(30)31/h3-11,24H,2,23H2,1H3. The molecule has 3 rings (SSSR count). The van der Waals surface area contributed by atoms with E-state index in [0.29, 0.717) is 12.0 Å². The fourth-order valence-electron chi connectivity index (χ4n) is 2.99. The Kier molecular flexibility index (Phi) is 6.55. The average Bonchev–Trinajstić information content (AvgIpc) is 2.76. The van der Waals surface area contributed by atoms with Crippen LogP contribution in [0.1, 0.15) is 22.8 Å². The van der Waals surface area contributed by atoms with Gasteiger partial charge in [0.15, 0.2) is 5.75 Å². The third-order valence-corrected chi connectivity index (χ3v) is 4.81. The Morgan fingerprint density at radius 2 is 1.78 bits per heavy atom. The van der Waals surface area contributed by atoms with Crippen molar-refractivity contribution in [3.05, 3.63) is 91.0 Å².